The second-order valence-corrected chi connectivity index (χ2v) is 18.0. The van der Waals surface area contributed by atoms with E-state index in [4.69, 9.17) is 14.6 Å². The number of aliphatic hydroxyl groups excluding tert-OH is 2. The first-order chi connectivity index (χ1) is 24.3. The Morgan fingerprint density at radius 3 is 1.46 bits per heavy atom. The van der Waals surface area contributed by atoms with Gasteiger partial charge in [0.05, 0.1) is 18.0 Å². The molecule has 0 spiro atoms. The van der Waals surface area contributed by atoms with Crippen molar-refractivity contribution in [2.75, 3.05) is 32.6 Å². The molecule has 0 aliphatic carbocycles. The molecule has 54 heavy (non-hydrogen) atoms. The van der Waals surface area contributed by atoms with E-state index in [9.17, 15) is 31.5 Å². The highest BCUT2D eigenvalue weighted by Crippen LogP contribution is 2.33. The lowest BCUT2D eigenvalue weighted by atomic mass is 9.78. The zero-order chi connectivity index (χ0) is 42.3. The highest BCUT2D eigenvalue weighted by molar-refractivity contribution is 7.86. The van der Waals surface area contributed by atoms with Gasteiger partial charge in [-0.2, -0.15) is 21.6 Å². The molecule has 0 aromatic heterocycles. The first kappa shape index (κ1) is 50.8. The van der Waals surface area contributed by atoms with Crippen LogP contribution in [0.3, 0.4) is 0 Å². The van der Waals surface area contributed by atoms with Gasteiger partial charge < -0.3 is 25.0 Å². The summed E-state index contributed by atoms with van der Waals surface area (Å²) in [4.78, 5) is 13.0. The van der Waals surface area contributed by atoms with Gasteiger partial charge in [0.2, 0.25) is 5.91 Å². The summed E-state index contributed by atoms with van der Waals surface area (Å²) < 4.78 is 73.1. The molecule has 14 heteroatoms. The van der Waals surface area contributed by atoms with Gasteiger partial charge in [-0.25, -0.2) is 0 Å². The van der Waals surface area contributed by atoms with Crippen molar-refractivity contribution in [3.8, 4) is 11.5 Å². The average Bonchev–Trinajstić information content (AvgIpc) is 3.87. The molecule has 2 aromatic rings. The topological polar surface area (TPSA) is 134 Å². The smallest absolute Gasteiger partial charge is 0.417 e. The summed E-state index contributed by atoms with van der Waals surface area (Å²) in [7, 11) is -3.28. The standard InChI is InChI=1S/C22H27F3O4.C7H13NO.C6H13N.C5H12O3S/c1-4-17(26)13-28-18-9-5-15(6-10-18)21(2,3)16-7-11-19(12-8-16)29-14-20(27)22(23,24)25;1-5-6(9)8-7(2,3)4;1-6(2,3)7-4-5-7;1-5(2,3)8-9(4,6)7/h5-12,17,20,26-27H,4,13-14H2,1-3H3;5H,1H2,2-4H3,(H,8,9);4-5H2,1-3H3;1-4H3. The van der Waals surface area contributed by atoms with Crippen LogP contribution in [-0.4, -0.2) is 97.1 Å². The fourth-order valence-corrected chi connectivity index (χ4v) is 5.19. The van der Waals surface area contributed by atoms with Gasteiger partial charge in [-0.3, -0.25) is 13.9 Å². The molecule has 1 saturated heterocycles. The van der Waals surface area contributed by atoms with Crippen LogP contribution < -0.4 is 14.8 Å². The summed E-state index contributed by atoms with van der Waals surface area (Å²) in [6, 6.07) is 14.3. The van der Waals surface area contributed by atoms with E-state index in [1.54, 1.807) is 45.0 Å². The number of hydrogen-bond acceptors (Lipinski definition) is 9. The maximum atomic E-state index is 12.3. The number of nitrogens with one attached hydrogen (secondary N) is 1. The van der Waals surface area contributed by atoms with E-state index < -0.39 is 40.7 Å². The Morgan fingerprint density at radius 2 is 1.24 bits per heavy atom. The Hall–Kier alpha value is -3.17. The summed E-state index contributed by atoms with van der Waals surface area (Å²) in [5.41, 5.74) is 1.32. The van der Waals surface area contributed by atoms with E-state index >= 15 is 0 Å². The minimum atomic E-state index is -4.70. The summed E-state index contributed by atoms with van der Waals surface area (Å²) in [5, 5.41) is 21.3. The number of aliphatic hydroxyl groups is 2. The van der Waals surface area contributed by atoms with E-state index in [0.29, 0.717) is 17.7 Å². The van der Waals surface area contributed by atoms with Gasteiger partial charge in [0.25, 0.3) is 10.1 Å². The first-order valence-corrected chi connectivity index (χ1v) is 19.6. The molecule has 3 N–H and O–H groups in total. The van der Waals surface area contributed by atoms with Crippen molar-refractivity contribution in [2.45, 2.75) is 130 Å². The van der Waals surface area contributed by atoms with Crippen molar-refractivity contribution in [3.63, 3.8) is 0 Å². The van der Waals surface area contributed by atoms with E-state index in [1.165, 1.54) is 19.2 Å². The summed E-state index contributed by atoms with van der Waals surface area (Å²) in [6.45, 7) is 28.9. The van der Waals surface area contributed by atoms with Crippen LogP contribution in [0.1, 0.15) is 101 Å². The summed E-state index contributed by atoms with van der Waals surface area (Å²) in [5.74, 6) is 0.803. The van der Waals surface area contributed by atoms with Crippen molar-refractivity contribution >= 4 is 16.0 Å². The van der Waals surface area contributed by atoms with Crippen molar-refractivity contribution in [3.05, 3.63) is 72.3 Å². The number of ether oxygens (including phenoxy) is 2. The van der Waals surface area contributed by atoms with Crippen LogP contribution in [0.15, 0.2) is 61.2 Å². The van der Waals surface area contributed by atoms with Gasteiger partial charge in [0.1, 0.15) is 24.7 Å². The van der Waals surface area contributed by atoms with Crippen LogP contribution in [0.5, 0.6) is 11.5 Å². The predicted octanol–water partition coefficient (Wildman–Crippen LogP) is 7.41. The minimum Gasteiger partial charge on any atom is -0.491 e. The van der Waals surface area contributed by atoms with Crippen LogP contribution in [0.2, 0.25) is 0 Å². The molecule has 1 aliphatic heterocycles. The van der Waals surface area contributed by atoms with Crippen LogP contribution in [0.25, 0.3) is 0 Å². The van der Waals surface area contributed by atoms with Gasteiger partial charge in [0, 0.05) is 29.6 Å². The van der Waals surface area contributed by atoms with E-state index in [1.807, 2.05) is 65.8 Å². The number of amides is 1. The van der Waals surface area contributed by atoms with Gasteiger partial charge in [-0.15, -0.1) is 0 Å². The molecular weight excluding hydrogens is 726 g/mol. The highest BCUT2D eigenvalue weighted by Gasteiger charge is 2.38. The molecule has 10 nitrogen and oxygen atoms in total. The molecule has 0 bridgehead atoms. The second-order valence-electron chi connectivity index (χ2n) is 16.4. The molecule has 1 aliphatic rings. The van der Waals surface area contributed by atoms with Gasteiger partial charge in [-0.05, 0) is 110 Å². The molecule has 0 saturated carbocycles. The zero-order valence-corrected chi connectivity index (χ0v) is 35.2. The molecule has 3 rings (SSSR count). The molecule has 1 amide bonds. The Kier molecular flexibility index (Phi) is 20.0. The Labute approximate surface area is 322 Å². The van der Waals surface area contributed by atoms with E-state index in [-0.39, 0.29) is 29.2 Å². The third kappa shape index (κ3) is 23.6. The van der Waals surface area contributed by atoms with Crippen LogP contribution in [0, 0.1) is 0 Å². The van der Waals surface area contributed by atoms with Crippen molar-refractivity contribution in [2.24, 2.45) is 0 Å². The van der Waals surface area contributed by atoms with Gasteiger partial charge in [-0.1, -0.05) is 51.6 Å². The minimum absolute atomic E-state index is 0.123. The largest absolute Gasteiger partial charge is 0.491 e. The first-order valence-electron chi connectivity index (χ1n) is 17.8. The van der Waals surface area contributed by atoms with Gasteiger partial charge >= 0.3 is 6.18 Å². The van der Waals surface area contributed by atoms with Crippen molar-refractivity contribution < 1.29 is 50.3 Å². The normalized spacial score (nSPS) is 14.7. The molecular formula is C40H65F3N2O8S. The van der Waals surface area contributed by atoms with Gasteiger partial charge in [0.15, 0.2) is 6.10 Å². The number of rotatable bonds is 11. The lowest BCUT2D eigenvalue weighted by Gasteiger charge is -2.26. The molecule has 1 heterocycles. The fourth-order valence-electron chi connectivity index (χ4n) is 4.28. The fraction of sp³-hybridized carbons (Fsp3) is 0.625. The monoisotopic (exact) mass is 790 g/mol. The van der Waals surface area contributed by atoms with E-state index in [2.05, 4.69) is 41.7 Å². The number of hydrogen-bond donors (Lipinski definition) is 3. The lowest BCUT2D eigenvalue weighted by molar-refractivity contribution is -0.210. The van der Waals surface area contributed by atoms with E-state index in [0.717, 1.165) is 17.4 Å². The number of benzene rings is 2. The maximum Gasteiger partial charge on any atom is 0.417 e. The Balaban J connectivity index is 0.000000903. The quantitative estimate of drug-likeness (QED) is 0.121. The Bertz CT molecular complexity index is 1510. The number of nitrogens with zero attached hydrogens (tertiary/aromatic N) is 1. The molecule has 310 valence electrons. The zero-order valence-electron chi connectivity index (χ0n) is 34.4. The molecule has 0 radical (unpaired) electrons. The van der Waals surface area contributed by atoms with Crippen molar-refractivity contribution in [1.82, 2.24) is 10.2 Å². The molecule has 2 atom stereocenters. The predicted molar refractivity (Wildman–Crippen MR) is 209 cm³/mol. The Morgan fingerprint density at radius 1 is 0.833 bits per heavy atom. The maximum absolute atomic E-state index is 12.3. The third-order valence-corrected chi connectivity index (χ3v) is 8.13. The van der Waals surface area contributed by atoms with Crippen LogP contribution >= 0.6 is 0 Å². The second kappa shape index (κ2) is 21.2. The lowest BCUT2D eigenvalue weighted by Crippen LogP contribution is -2.39. The number of carbonyl (C=O) groups is 1. The molecule has 2 aromatic carbocycles. The number of halogens is 3. The summed E-state index contributed by atoms with van der Waals surface area (Å²) in [6.07, 6.45) is -4.78. The molecule has 2 unspecified atom stereocenters. The van der Waals surface area contributed by atoms with Crippen LogP contribution in [-0.2, 0) is 24.5 Å². The van der Waals surface area contributed by atoms with Crippen LogP contribution in [0.4, 0.5) is 13.2 Å². The molecule has 1 fully saturated rings. The SMILES string of the molecule is C=CC(=O)NC(C)(C)C.CC(C)(C)N1CC1.CC(C)(C)OS(C)(=O)=O.CCC(O)COc1ccc(C(C)(C)c2ccc(OCC(O)C(F)(F)F)cc2)cc1. The highest BCUT2D eigenvalue weighted by atomic mass is 32.2. The average molecular weight is 791 g/mol. The third-order valence-electron chi connectivity index (χ3n) is 7.33. The summed E-state index contributed by atoms with van der Waals surface area (Å²) >= 11 is 0. The van der Waals surface area contributed by atoms with Crippen molar-refractivity contribution in [1.29, 1.82) is 0 Å². The number of carbonyl (C=O) groups excluding carboxylic acids is 1. The number of alkyl halides is 3.